The zero-order valence-electron chi connectivity index (χ0n) is 12.4. The first-order valence-electron chi connectivity index (χ1n) is 6.93. The molecule has 2 N–H and O–H groups in total. The summed E-state index contributed by atoms with van der Waals surface area (Å²) in [5.74, 6) is 0.215. The molecule has 0 atom stereocenters. The van der Waals surface area contributed by atoms with Gasteiger partial charge in [-0.3, -0.25) is 14.4 Å². The summed E-state index contributed by atoms with van der Waals surface area (Å²) in [6.07, 6.45) is -5.48. The fourth-order valence-corrected chi connectivity index (χ4v) is 2.48. The van der Waals surface area contributed by atoms with Crippen LogP contribution in [0.15, 0.2) is 6.07 Å². The molecule has 124 valence electrons. The molecule has 1 aromatic rings. The summed E-state index contributed by atoms with van der Waals surface area (Å²) in [7, 11) is 1.69. The predicted octanol–water partition coefficient (Wildman–Crippen LogP) is 1.06. The summed E-state index contributed by atoms with van der Waals surface area (Å²) in [6.45, 7) is 1.82. The highest BCUT2D eigenvalue weighted by Gasteiger charge is 2.54. The van der Waals surface area contributed by atoms with Crippen LogP contribution in [0.4, 0.5) is 19.0 Å². The second kappa shape index (κ2) is 5.88. The van der Waals surface area contributed by atoms with E-state index in [2.05, 4.69) is 10.4 Å². The number of aliphatic hydroxyl groups is 1. The third-order valence-corrected chi connectivity index (χ3v) is 3.85. The van der Waals surface area contributed by atoms with Crippen molar-refractivity contribution >= 4 is 11.7 Å². The van der Waals surface area contributed by atoms with Gasteiger partial charge in [-0.05, 0) is 19.8 Å². The maximum atomic E-state index is 12.7. The van der Waals surface area contributed by atoms with Gasteiger partial charge in [-0.1, -0.05) is 0 Å². The van der Waals surface area contributed by atoms with E-state index in [9.17, 15) is 23.1 Å². The minimum atomic E-state index is -4.63. The number of nitrogens with zero attached hydrogens (tertiary/aromatic N) is 3. The second-order valence-corrected chi connectivity index (χ2v) is 5.65. The van der Waals surface area contributed by atoms with Gasteiger partial charge in [0.15, 0.2) is 5.60 Å². The van der Waals surface area contributed by atoms with E-state index in [4.69, 9.17) is 0 Å². The number of anilines is 1. The van der Waals surface area contributed by atoms with Gasteiger partial charge in [-0.15, -0.1) is 0 Å². The van der Waals surface area contributed by atoms with Crippen LogP contribution in [-0.2, 0) is 11.8 Å². The lowest BCUT2D eigenvalue weighted by Crippen LogP contribution is -2.54. The third kappa shape index (κ3) is 3.58. The zero-order chi connectivity index (χ0) is 16.5. The number of hydrogen-bond donors (Lipinski definition) is 2. The largest absolute Gasteiger partial charge is 0.417 e. The fourth-order valence-electron chi connectivity index (χ4n) is 2.48. The lowest BCUT2D eigenvalue weighted by Gasteiger charge is -2.38. The highest BCUT2D eigenvalue weighted by Crippen LogP contribution is 2.38. The van der Waals surface area contributed by atoms with Crippen molar-refractivity contribution in [3.63, 3.8) is 0 Å². The van der Waals surface area contributed by atoms with Gasteiger partial charge in [0.2, 0.25) is 5.91 Å². The lowest BCUT2D eigenvalue weighted by atomic mass is 9.91. The number of likely N-dealkylation sites (tertiary alicyclic amines) is 1. The standard InChI is InChI=1S/C13H19F3N4O2/c1-9-7-10(19(2)18-9)17-11(21)8-20-5-3-12(22,4-6-20)13(14,15)16/h7,22H,3-6,8H2,1-2H3,(H,17,21). The molecule has 9 heteroatoms. The van der Waals surface area contributed by atoms with Crippen LogP contribution in [0.1, 0.15) is 18.5 Å². The number of halogens is 3. The molecule has 0 bridgehead atoms. The Morgan fingerprint density at radius 2 is 2.05 bits per heavy atom. The van der Waals surface area contributed by atoms with Crippen molar-refractivity contribution < 1.29 is 23.1 Å². The Kier molecular flexibility index (Phi) is 4.48. The average molecular weight is 320 g/mol. The van der Waals surface area contributed by atoms with Crippen LogP contribution in [0.25, 0.3) is 0 Å². The van der Waals surface area contributed by atoms with Gasteiger partial charge in [-0.25, -0.2) is 0 Å². The first-order valence-corrected chi connectivity index (χ1v) is 6.93. The molecule has 1 saturated heterocycles. The van der Waals surface area contributed by atoms with Crippen LogP contribution in [0.5, 0.6) is 0 Å². The van der Waals surface area contributed by atoms with Crippen LogP contribution in [0.2, 0.25) is 0 Å². The normalized spacial score (nSPS) is 19.2. The molecule has 1 aromatic heterocycles. The van der Waals surface area contributed by atoms with E-state index >= 15 is 0 Å². The van der Waals surface area contributed by atoms with Gasteiger partial charge in [0, 0.05) is 26.2 Å². The van der Waals surface area contributed by atoms with Gasteiger partial charge in [-0.2, -0.15) is 18.3 Å². The first kappa shape index (κ1) is 16.8. The van der Waals surface area contributed by atoms with Crippen molar-refractivity contribution in [2.45, 2.75) is 31.5 Å². The van der Waals surface area contributed by atoms with Gasteiger partial charge in [0.05, 0.1) is 12.2 Å². The van der Waals surface area contributed by atoms with Crippen LogP contribution >= 0.6 is 0 Å². The van der Waals surface area contributed by atoms with E-state index in [1.807, 2.05) is 0 Å². The third-order valence-electron chi connectivity index (χ3n) is 3.85. The molecular formula is C13H19F3N4O2. The maximum absolute atomic E-state index is 12.7. The Labute approximate surface area is 125 Å². The van der Waals surface area contributed by atoms with E-state index in [1.54, 1.807) is 24.9 Å². The van der Waals surface area contributed by atoms with E-state index < -0.39 is 24.6 Å². The van der Waals surface area contributed by atoms with Gasteiger partial charge >= 0.3 is 6.18 Å². The van der Waals surface area contributed by atoms with Crippen molar-refractivity contribution in [3.05, 3.63) is 11.8 Å². The monoisotopic (exact) mass is 320 g/mol. The molecule has 0 unspecified atom stereocenters. The highest BCUT2D eigenvalue weighted by molar-refractivity contribution is 5.91. The molecule has 0 radical (unpaired) electrons. The van der Waals surface area contributed by atoms with Gasteiger partial charge < -0.3 is 10.4 Å². The molecule has 0 aromatic carbocycles. The average Bonchev–Trinajstić information content (AvgIpc) is 2.69. The Balaban J connectivity index is 1.86. The van der Waals surface area contributed by atoms with Crippen LogP contribution in [-0.4, -0.2) is 57.1 Å². The number of rotatable bonds is 3. The van der Waals surface area contributed by atoms with Crippen LogP contribution < -0.4 is 5.32 Å². The number of carbonyl (C=O) groups excluding carboxylic acids is 1. The molecule has 1 aliphatic heterocycles. The van der Waals surface area contributed by atoms with Crippen molar-refractivity contribution in [1.82, 2.24) is 14.7 Å². The van der Waals surface area contributed by atoms with E-state index in [0.717, 1.165) is 5.69 Å². The highest BCUT2D eigenvalue weighted by atomic mass is 19.4. The second-order valence-electron chi connectivity index (χ2n) is 5.65. The number of aryl methyl sites for hydroxylation is 2. The molecule has 0 aliphatic carbocycles. The Bertz CT molecular complexity index is 548. The minimum Gasteiger partial charge on any atom is -0.380 e. The lowest BCUT2D eigenvalue weighted by molar-refractivity contribution is -0.272. The van der Waals surface area contributed by atoms with Crippen molar-refractivity contribution in [2.24, 2.45) is 7.05 Å². The number of alkyl halides is 3. The molecule has 6 nitrogen and oxygen atoms in total. The van der Waals surface area contributed by atoms with Crippen molar-refractivity contribution in [1.29, 1.82) is 0 Å². The Hall–Kier alpha value is -1.61. The van der Waals surface area contributed by atoms with Gasteiger partial charge in [0.25, 0.3) is 0 Å². The smallest absolute Gasteiger partial charge is 0.380 e. The van der Waals surface area contributed by atoms with Crippen LogP contribution in [0, 0.1) is 6.92 Å². The van der Waals surface area contributed by atoms with Crippen molar-refractivity contribution in [3.8, 4) is 0 Å². The Morgan fingerprint density at radius 3 is 2.50 bits per heavy atom. The molecule has 0 spiro atoms. The number of hydrogen-bond acceptors (Lipinski definition) is 4. The molecule has 1 aliphatic rings. The van der Waals surface area contributed by atoms with Crippen molar-refractivity contribution in [2.75, 3.05) is 25.0 Å². The zero-order valence-corrected chi connectivity index (χ0v) is 12.4. The summed E-state index contributed by atoms with van der Waals surface area (Å²) >= 11 is 0. The summed E-state index contributed by atoms with van der Waals surface area (Å²) in [5.41, 5.74) is -1.88. The van der Waals surface area contributed by atoms with Gasteiger partial charge in [0.1, 0.15) is 5.82 Å². The molecule has 1 amide bonds. The number of piperidine rings is 1. The number of carbonyl (C=O) groups is 1. The van der Waals surface area contributed by atoms with Crippen LogP contribution in [0.3, 0.4) is 0 Å². The molecule has 2 rings (SSSR count). The fraction of sp³-hybridized carbons (Fsp3) is 0.692. The number of nitrogens with one attached hydrogen (secondary N) is 1. The molecule has 2 heterocycles. The quantitative estimate of drug-likeness (QED) is 0.874. The predicted molar refractivity (Wildman–Crippen MR) is 73.3 cm³/mol. The summed E-state index contributed by atoms with van der Waals surface area (Å²) in [6, 6.07) is 1.70. The summed E-state index contributed by atoms with van der Waals surface area (Å²) in [5, 5.41) is 16.3. The van der Waals surface area contributed by atoms with E-state index in [-0.39, 0.29) is 25.5 Å². The Morgan fingerprint density at radius 1 is 1.45 bits per heavy atom. The SMILES string of the molecule is Cc1cc(NC(=O)CN2CCC(O)(C(F)(F)F)CC2)n(C)n1. The number of aromatic nitrogens is 2. The van der Waals surface area contributed by atoms with E-state index in [0.29, 0.717) is 5.82 Å². The summed E-state index contributed by atoms with van der Waals surface area (Å²) in [4.78, 5) is 13.5. The maximum Gasteiger partial charge on any atom is 0.417 e. The van der Waals surface area contributed by atoms with E-state index in [1.165, 1.54) is 4.68 Å². The topological polar surface area (TPSA) is 70.4 Å². The molecule has 0 saturated carbocycles. The summed E-state index contributed by atoms with van der Waals surface area (Å²) < 4.78 is 39.6. The molecule has 22 heavy (non-hydrogen) atoms. The first-order chi connectivity index (χ1) is 10.1. The minimum absolute atomic E-state index is 0.0157. The molecular weight excluding hydrogens is 301 g/mol. The number of amides is 1. The molecule has 1 fully saturated rings.